The highest BCUT2D eigenvalue weighted by Gasteiger charge is 2.05. The summed E-state index contributed by atoms with van der Waals surface area (Å²) < 4.78 is 15.9. The van der Waals surface area contributed by atoms with E-state index in [0.29, 0.717) is 23.8 Å². The van der Waals surface area contributed by atoms with Gasteiger partial charge in [0.25, 0.3) is 0 Å². The lowest BCUT2D eigenvalue weighted by atomic mass is 10.2. The highest BCUT2D eigenvalue weighted by Crippen LogP contribution is 2.28. The average molecular weight is 352 g/mol. The Kier molecular flexibility index (Phi) is 7.07. The van der Waals surface area contributed by atoms with Gasteiger partial charge in [0.1, 0.15) is 11.8 Å². The van der Waals surface area contributed by atoms with Crippen molar-refractivity contribution in [3.63, 3.8) is 0 Å². The van der Waals surface area contributed by atoms with E-state index in [1.807, 2.05) is 13.0 Å². The van der Waals surface area contributed by atoms with Crippen LogP contribution in [0.15, 0.2) is 48.5 Å². The first-order valence-corrected chi connectivity index (χ1v) is 8.06. The van der Waals surface area contributed by atoms with Crippen LogP contribution in [0.1, 0.15) is 12.5 Å². The number of amides is 1. The van der Waals surface area contributed by atoms with Gasteiger partial charge in [-0.3, -0.25) is 4.79 Å². The molecule has 0 aliphatic heterocycles. The first kappa shape index (κ1) is 18.9. The second-order valence-corrected chi connectivity index (χ2v) is 5.14. The number of anilines is 1. The molecule has 0 saturated heterocycles. The second kappa shape index (κ2) is 9.74. The number of hydrogen-bond donors (Lipinski definition) is 1. The van der Waals surface area contributed by atoms with Gasteiger partial charge in [0.05, 0.1) is 13.7 Å². The molecule has 0 heterocycles. The monoisotopic (exact) mass is 352 g/mol. The Morgan fingerprint density at radius 3 is 2.58 bits per heavy atom. The minimum absolute atomic E-state index is 0.0595. The lowest BCUT2D eigenvalue weighted by molar-refractivity contribution is -0.111. The van der Waals surface area contributed by atoms with Crippen molar-refractivity contribution in [1.82, 2.24) is 0 Å². The minimum atomic E-state index is -0.252. The molecule has 0 radical (unpaired) electrons. The maximum absolute atomic E-state index is 12.0. The highest BCUT2D eigenvalue weighted by molar-refractivity contribution is 6.01. The molecule has 0 spiro atoms. The first-order valence-electron chi connectivity index (χ1n) is 8.06. The van der Waals surface area contributed by atoms with Crippen LogP contribution < -0.4 is 19.5 Å². The van der Waals surface area contributed by atoms with Crippen LogP contribution in [-0.2, 0) is 4.79 Å². The maximum atomic E-state index is 12.0. The fourth-order valence-corrected chi connectivity index (χ4v) is 2.17. The van der Waals surface area contributed by atoms with Crippen molar-refractivity contribution in [2.75, 3.05) is 25.6 Å². The van der Waals surface area contributed by atoms with Crippen molar-refractivity contribution in [1.29, 1.82) is 5.26 Å². The van der Waals surface area contributed by atoms with E-state index in [1.54, 1.807) is 48.5 Å². The number of rotatable bonds is 8. The molecular formula is C20H20N2O4. The smallest absolute Gasteiger partial charge is 0.248 e. The van der Waals surface area contributed by atoms with Gasteiger partial charge in [-0.2, -0.15) is 5.26 Å². The van der Waals surface area contributed by atoms with E-state index in [1.165, 1.54) is 13.2 Å². The zero-order valence-electron chi connectivity index (χ0n) is 14.7. The van der Waals surface area contributed by atoms with Crippen LogP contribution in [0.3, 0.4) is 0 Å². The van der Waals surface area contributed by atoms with Gasteiger partial charge in [0, 0.05) is 11.8 Å². The number of carbonyl (C=O) groups is 1. The Morgan fingerprint density at radius 2 is 1.92 bits per heavy atom. The molecule has 1 N–H and O–H groups in total. The predicted molar refractivity (Wildman–Crippen MR) is 99.4 cm³/mol. The number of hydrogen-bond acceptors (Lipinski definition) is 5. The number of ether oxygens (including phenoxy) is 3. The summed E-state index contributed by atoms with van der Waals surface area (Å²) in [6.07, 6.45) is 3.10. The van der Waals surface area contributed by atoms with Crippen LogP contribution in [0.5, 0.6) is 17.2 Å². The van der Waals surface area contributed by atoms with Crippen LogP contribution in [0.4, 0.5) is 5.69 Å². The minimum Gasteiger partial charge on any atom is -0.494 e. The molecule has 0 aliphatic rings. The number of nitriles is 1. The van der Waals surface area contributed by atoms with Gasteiger partial charge in [-0.25, -0.2) is 0 Å². The van der Waals surface area contributed by atoms with Crippen LogP contribution in [0, 0.1) is 11.3 Å². The van der Waals surface area contributed by atoms with Crippen molar-refractivity contribution in [2.45, 2.75) is 6.92 Å². The largest absolute Gasteiger partial charge is 0.494 e. The highest BCUT2D eigenvalue weighted by atomic mass is 16.5. The molecule has 0 bridgehead atoms. The van der Waals surface area contributed by atoms with Gasteiger partial charge in [0.2, 0.25) is 5.91 Å². The molecule has 2 aromatic rings. The van der Waals surface area contributed by atoms with E-state index in [2.05, 4.69) is 5.32 Å². The van der Waals surface area contributed by atoms with Crippen molar-refractivity contribution in [2.24, 2.45) is 0 Å². The molecule has 2 aromatic carbocycles. The van der Waals surface area contributed by atoms with E-state index in [0.717, 1.165) is 11.3 Å². The zero-order chi connectivity index (χ0) is 18.8. The molecule has 26 heavy (non-hydrogen) atoms. The Morgan fingerprint density at radius 1 is 1.15 bits per heavy atom. The summed E-state index contributed by atoms with van der Waals surface area (Å²) in [5.74, 6) is 1.48. The van der Waals surface area contributed by atoms with Gasteiger partial charge in [-0.15, -0.1) is 0 Å². The molecule has 2 rings (SSSR count). The molecule has 0 aliphatic carbocycles. The molecule has 6 heteroatoms. The van der Waals surface area contributed by atoms with Gasteiger partial charge in [-0.1, -0.05) is 6.07 Å². The maximum Gasteiger partial charge on any atom is 0.248 e. The van der Waals surface area contributed by atoms with E-state index in [-0.39, 0.29) is 12.5 Å². The summed E-state index contributed by atoms with van der Waals surface area (Å²) >= 11 is 0. The molecule has 0 aromatic heterocycles. The number of carbonyl (C=O) groups excluding carboxylic acids is 1. The van der Waals surface area contributed by atoms with Crippen LogP contribution in [0.25, 0.3) is 6.08 Å². The fourth-order valence-electron chi connectivity index (χ4n) is 2.17. The van der Waals surface area contributed by atoms with Crippen LogP contribution in [-0.4, -0.2) is 26.2 Å². The van der Waals surface area contributed by atoms with Gasteiger partial charge in [0.15, 0.2) is 18.1 Å². The van der Waals surface area contributed by atoms with Crippen LogP contribution in [0.2, 0.25) is 0 Å². The number of nitrogens with one attached hydrogen (secondary N) is 1. The molecule has 0 fully saturated rings. The summed E-state index contributed by atoms with van der Waals surface area (Å²) in [5.41, 5.74) is 1.45. The summed E-state index contributed by atoms with van der Waals surface area (Å²) in [6, 6.07) is 14.3. The predicted octanol–water partition coefficient (Wildman–Crippen LogP) is 3.65. The standard InChI is InChI=1S/C20H20N2O4/c1-3-25-17-8-6-16(7-9-17)22-20(23)11-5-15-4-10-18(26-13-12-21)19(14-15)24-2/h4-11,14H,3,13H2,1-2H3,(H,22,23). The number of nitrogens with zero attached hydrogens (tertiary/aromatic N) is 1. The molecule has 1 amide bonds. The Bertz CT molecular complexity index is 808. The Hall–Kier alpha value is -3.46. The first-order chi connectivity index (χ1) is 12.7. The third kappa shape index (κ3) is 5.56. The van der Waals surface area contributed by atoms with E-state index >= 15 is 0 Å². The van der Waals surface area contributed by atoms with Gasteiger partial charge in [-0.05, 0) is 55.0 Å². The summed E-state index contributed by atoms with van der Waals surface area (Å²) in [6.45, 7) is 2.45. The molecule has 0 saturated carbocycles. The molecule has 6 nitrogen and oxygen atoms in total. The third-order valence-corrected chi connectivity index (χ3v) is 3.34. The molecular weight excluding hydrogens is 332 g/mol. The number of methoxy groups -OCH3 is 1. The topological polar surface area (TPSA) is 80.6 Å². The van der Waals surface area contributed by atoms with E-state index in [4.69, 9.17) is 19.5 Å². The molecule has 134 valence electrons. The van der Waals surface area contributed by atoms with Crippen molar-refractivity contribution >= 4 is 17.7 Å². The van der Waals surface area contributed by atoms with Crippen molar-refractivity contribution in [3.8, 4) is 23.3 Å². The van der Waals surface area contributed by atoms with Crippen molar-refractivity contribution in [3.05, 3.63) is 54.1 Å². The average Bonchev–Trinajstić information content (AvgIpc) is 2.66. The third-order valence-electron chi connectivity index (χ3n) is 3.34. The fraction of sp³-hybridized carbons (Fsp3) is 0.200. The van der Waals surface area contributed by atoms with Gasteiger partial charge >= 0.3 is 0 Å². The quantitative estimate of drug-likeness (QED) is 0.734. The number of benzene rings is 2. The molecule has 0 atom stereocenters. The normalized spacial score (nSPS) is 10.2. The van der Waals surface area contributed by atoms with E-state index < -0.39 is 0 Å². The van der Waals surface area contributed by atoms with Crippen molar-refractivity contribution < 1.29 is 19.0 Å². The van der Waals surface area contributed by atoms with Crippen LogP contribution >= 0.6 is 0 Å². The summed E-state index contributed by atoms with van der Waals surface area (Å²) in [5, 5.41) is 11.4. The Balaban J connectivity index is 1.99. The lowest BCUT2D eigenvalue weighted by Crippen LogP contribution is -2.07. The SMILES string of the molecule is CCOc1ccc(NC(=O)C=Cc2ccc(OCC#N)c(OC)c2)cc1. The summed E-state index contributed by atoms with van der Waals surface area (Å²) in [4.78, 5) is 12.0. The lowest BCUT2D eigenvalue weighted by Gasteiger charge is -2.08. The Labute approximate surface area is 152 Å². The summed E-state index contributed by atoms with van der Waals surface area (Å²) in [7, 11) is 1.51. The molecule has 0 unspecified atom stereocenters. The van der Waals surface area contributed by atoms with E-state index in [9.17, 15) is 4.79 Å². The second-order valence-electron chi connectivity index (χ2n) is 5.14. The zero-order valence-corrected chi connectivity index (χ0v) is 14.7. The van der Waals surface area contributed by atoms with Gasteiger partial charge < -0.3 is 19.5 Å².